The highest BCUT2D eigenvalue weighted by Gasteiger charge is 2.49. The second kappa shape index (κ2) is 10.2. The van der Waals surface area contributed by atoms with E-state index in [1.807, 2.05) is 0 Å². The van der Waals surface area contributed by atoms with Crippen LogP contribution >= 0.6 is 0 Å². The monoisotopic (exact) mass is 586 g/mol. The lowest BCUT2D eigenvalue weighted by Gasteiger charge is -2.38. The summed E-state index contributed by atoms with van der Waals surface area (Å²) in [6, 6.07) is 7.46. The molecule has 1 aromatic heterocycles. The Balaban J connectivity index is 1.17. The number of nitrogens with zero attached hydrogens (tertiary/aromatic N) is 5. The summed E-state index contributed by atoms with van der Waals surface area (Å²) in [7, 11) is 0. The number of alkyl halides is 1. The van der Waals surface area contributed by atoms with Gasteiger partial charge in [-0.3, -0.25) is 4.90 Å². The highest BCUT2D eigenvalue weighted by Crippen LogP contribution is 2.42. The van der Waals surface area contributed by atoms with Crippen LogP contribution in [-0.2, 0) is 13.0 Å². The van der Waals surface area contributed by atoms with Gasteiger partial charge in [0.2, 0.25) is 0 Å². The molecule has 6 heterocycles. The highest BCUT2D eigenvalue weighted by atomic mass is 19.1. The number of aromatic nitrogens is 2. The minimum atomic E-state index is -0.830. The van der Waals surface area contributed by atoms with E-state index in [1.165, 1.54) is 6.07 Å². The number of nitrogens with one attached hydrogen (secondary N) is 1. The van der Waals surface area contributed by atoms with Gasteiger partial charge in [0, 0.05) is 67.4 Å². The van der Waals surface area contributed by atoms with Crippen molar-refractivity contribution < 1.29 is 18.6 Å². The molecule has 8 nitrogen and oxygen atoms in total. The molecule has 0 saturated carbocycles. The van der Waals surface area contributed by atoms with E-state index >= 15 is 0 Å². The van der Waals surface area contributed by atoms with Gasteiger partial charge in [0.05, 0.1) is 23.3 Å². The predicted octanol–water partition coefficient (Wildman–Crippen LogP) is 3.91. The van der Waals surface area contributed by atoms with Gasteiger partial charge in [-0.2, -0.15) is 9.97 Å². The van der Waals surface area contributed by atoms with Gasteiger partial charge in [-0.15, -0.1) is 6.42 Å². The number of anilines is 2. The molecule has 2 aromatic carbocycles. The number of terminal acetylenes is 1. The van der Waals surface area contributed by atoms with Crippen LogP contribution in [-0.4, -0.2) is 83.1 Å². The summed E-state index contributed by atoms with van der Waals surface area (Å²) >= 11 is 0. The molecule has 0 radical (unpaired) electrons. The van der Waals surface area contributed by atoms with Crippen molar-refractivity contribution in [3.8, 4) is 24.1 Å². The molecule has 5 aliphatic rings. The van der Waals surface area contributed by atoms with Gasteiger partial charge in [0.1, 0.15) is 30.2 Å². The highest BCUT2D eigenvalue weighted by molar-refractivity contribution is 6.00. The molecule has 0 aliphatic carbocycles. The van der Waals surface area contributed by atoms with E-state index in [9.17, 15) is 13.9 Å². The number of phenols is 1. The smallest absolute Gasteiger partial charge is 0.318 e. The number of benzene rings is 2. The number of piperazine rings is 1. The molecule has 8 rings (SSSR count). The maximum atomic E-state index is 14.8. The van der Waals surface area contributed by atoms with Crippen molar-refractivity contribution in [3.63, 3.8) is 0 Å². The predicted molar refractivity (Wildman–Crippen MR) is 161 cm³/mol. The molecular weight excluding hydrogens is 550 g/mol. The number of rotatable bonds is 5. The second-order valence-electron chi connectivity index (χ2n) is 13.0. The van der Waals surface area contributed by atoms with E-state index in [0.717, 1.165) is 62.4 Å². The fraction of sp³-hybridized carbons (Fsp3) is 0.515. The van der Waals surface area contributed by atoms with Gasteiger partial charge >= 0.3 is 6.01 Å². The van der Waals surface area contributed by atoms with E-state index in [2.05, 4.69) is 25.9 Å². The Kier molecular flexibility index (Phi) is 6.39. The van der Waals surface area contributed by atoms with Crippen molar-refractivity contribution in [2.45, 2.75) is 68.9 Å². The van der Waals surface area contributed by atoms with Gasteiger partial charge in [0.25, 0.3) is 0 Å². The Morgan fingerprint density at radius 2 is 1.95 bits per heavy atom. The van der Waals surface area contributed by atoms with Crippen LogP contribution in [0.4, 0.5) is 20.3 Å². The van der Waals surface area contributed by atoms with Crippen LogP contribution in [0.15, 0.2) is 24.3 Å². The number of ether oxygens (including phenoxy) is 1. The average molecular weight is 587 g/mol. The van der Waals surface area contributed by atoms with Crippen molar-refractivity contribution in [1.82, 2.24) is 20.2 Å². The third kappa shape index (κ3) is 4.56. The lowest BCUT2D eigenvalue weighted by molar-refractivity contribution is 0.107. The Hall–Kier alpha value is -3.68. The molecule has 3 aromatic rings. The fourth-order valence-corrected chi connectivity index (χ4v) is 8.33. The number of hydrogen-bond donors (Lipinski definition) is 2. The fourth-order valence-electron chi connectivity index (χ4n) is 8.33. The van der Waals surface area contributed by atoms with E-state index in [1.54, 1.807) is 18.2 Å². The van der Waals surface area contributed by atoms with Gasteiger partial charge in [0.15, 0.2) is 0 Å². The molecule has 2 bridgehead atoms. The number of fused-ring (bicyclic) bond motifs is 5. The van der Waals surface area contributed by atoms with E-state index in [-0.39, 0.29) is 16.9 Å². The zero-order chi connectivity index (χ0) is 29.3. The summed E-state index contributed by atoms with van der Waals surface area (Å²) in [5, 5.41) is 15.6. The van der Waals surface area contributed by atoms with Crippen molar-refractivity contribution in [3.05, 3.63) is 46.9 Å². The first-order chi connectivity index (χ1) is 20.9. The lowest BCUT2D eigenvalue weighted by atomic mass is 9.95. The Labute approximate surface area is 250 Å². The molecule has 0 unspecified atom stereocenters. The summed E-state index contributed by atoms with van der Waals surface area (Å²) in [6.07, 6.45) is 10.4. The Morgan fingerprint density at radius 1 is 1.12 bits per heavy atom. The molecule has 224 valence electrons. The number of hydrogen-bond acceptors (Lipinski definition) is 8. The molecule has 0 amide bonds. The molecule has 43 heavy (non-hydrogen) atoms. The minimum absolute atomic E-state index is 0.0923. The molecule has 2 N–H and O–H groups in total. The van der Waals surface area contributed by atoms with Gasteiger partial charge in [-0.1, -0.05) is 12.0 Å². The first kappa shape index (κ1) is 26.9. The summed E-state index contributed by atoms with van der Waals surface area (Å²) in [6.45, 7) is 4.57. The van der Waals surface area contributed by atoms with Crippen LogP contribution in [0.3, 0.4) is 0 Å². The van der Waals surface area contributed by atoms with Crippen LogP contribution in [0, 0.1) is 18.2 Å². The first-order valence-corrected chi connectivity index (χ1v) is 15.5. The molecule has 5 aliphatic heterocycles. The standard InChI is InChI=1S/C33H36F2N6O2/c1-2-25-27(35)7-4-20-12-24(42)13-29(30(20)25)39-11-8-26-28(18-39)37-32(38-31(26)40-16-22-5-6-23(17-40)36-22)43-19-33-9-3-10-41(33)15-21(34)14-33/h1,4,7,12-13,21-23,36,42H,3,5-6,8-11,14-19H2/t21-,22-,23+,33+/m1/s1. The normalized spacial score (nSPS) is 28.3. The molecule has 4 atom stereocenters. The Bertz CT molecular complexity index is 1630. The first-order valence-electron chi connectivity index (χ1n) is 15.5. The maximum absolute atomic E-state index is 14.8. The third-order valence-electron chi connectivity index (χ3n) is 10.3. The molecule has 0 spiro atoms. The zero-order valence-corrected chi connectivity index (χ0v) is 24.2. The van der Waals surface area contributed by atoms with E-state index in [0.29, 0.717) is 73.6 Å². The van der Waals surface area contributed by atoms with Crippen molar-refractivity contribution in [2.75, 3.05) is 49.1 Å². The third-order valence-corrected chi connectivity index (χ3v) is 10.3. The summed E-state index contributed by atoms with van der Waals surface area (Å²) in [4.78, 5) is 16.7. The summed E-state index contributed by atoms with van der Waals surface area (Å²) < 4.78 is 35.7. The van der Waals surface area contributed by atoms with Crippen molar-refractivity contribution in [2.24, 2.45) is 0 Å². The van der Waals surface area contributed by atoms with Crippen LogP contribution in [0.2, 0.25) is 0 Å². The van der Waals surface area contributed by atoms with E-state index in [4.69, 9.17) is 21.1 Å². The number of phenolic OH excluding ortho intramolecular Hbond substituents is 1. The molecule has 4 saturated heterocycles. The number of halogens is 2. The topological polar surface area (TPSA) is 77.0 Å². The molecule has 10 heteroatoms. The van der Waals surface area contributed by atoms with Crippen LogP contribution in [0.1, 0.15) is 48.9 Å². The van der Waals surface area contributed by atoms with Crippen LogP contribution in [0.25, 0.3) is 10.8 Å². The molecule has 4 fully saturated rings. The number of aromatic hydroxyl groups is 1. The summed E-state index contributed by atoms with van der Waals surface area (Å²) in [5.74, 6) is 3.07. The van der Waals surface area contributed by atoms with Crippen molar-refractivity contribution >= 4 is 22.3 Å². The van der Waals surface area contributed by atoms with Gasteiger partial charge in [-0.05, 0) is 56.2 Å². The largest absolute Gasteiger partial charge is 0.508 e. The summed E-state index contributed by atoms with van der Waals surface area (Å²) in [5.41, 5.74) is 2.52. The quantitative estimate of drug-likeness (QED) is 0.436. The maximum Gasteiger partial charge on any atom is 0.318 e. The minimum Gasteiger partial charge on any atom is -0.508 e. The second-order valence-corrected chi connectivity index (χ2v) is 13.0. The Morgan fingerprint density at radius 3 is 2.77 bits per heavy atom. The lowest BCUT2D eigenvalue weighted by Crippen LogP contribution is -2.52. The molecular formula is C33H36F2N6O2. The van der Waals surface area contributed by atoms with Crippen LogP contribution < -0.4 is 19.9 Å². The average Bonchev–Trinajstić information content (AvgIpc) is 3.65. The van der Waals surface area contributed by atoms with Crippen molar-refractivity contribution in [1.29, 1.82) is 0 Å². The van der Waals surface area contributed by atoms with E-state index < -0.39 is 12.0 Å². The zero-order valence-electron chi connectivity index (χ0n) is 24.2. The SMILES string of the molecule is C#Cc1c(F)ccc2cc(O)cc(N3CCc4c(nc(OC[C@@]56CCCN5C[C@H](F)C6)nc4N4C[C@H]5CC[C@@H](C4)N5)C3)c12. The van der Waals surface area contributed by atoms with Gasteiger partial charge < -0.3 is 25.0 Å². The van der Waals surface area contributed by atoms with Gasteiger partial charge in [-0.25, -0.2) is 8.78 Å². The van der Waals surface area contributed by atoms with Crippen LogP contribution in [0.5, 0.6) is 11.8 Å².